The van der Waals surface area contributed by atoms with E-state index in [1.807, 2.05) is 0 Å². The third kappa shape index (κ3) is 10.9. The Hall–Kier alpha value is 1.18. The number of hydrogen-bond donors (Lipinski definition) is 0. The summed E-state index contributed by atoms with van der Waals surface area (Å²) in [5, 5.41) is 0. The van der Waals surface area contributed by atoms with Crippen LogP contribution in [-0.4, -0.2) is 0 Å². The predicted octanol–water partition coefficient (Wildman–Crippen LogP) is -0.0110. The zero-order valence-corrected chi connectivity index (χ0v) is 4.74. The Balaban J connectivity index is -0.00000000500. The monoisotopic (exact) mass is 165 g/mol. The molecule has 0 aliphatic carbocycles. The van der Waals surface area contributed by atoms with Crippen molar-refractivity contribution in [1.29, 1.82) is 0 Å². The van der Waals surface area contributed by atoms with E-state index in [1.54, 1.807) is 0 Å². The number of rotatable bonds is 0. The van der Waals surface area contributed by atoms with Gasteiger partial charge in [-0.25, -0.2) is 0 Å². The maximum absolute atomic E-state index is 7.94. The molecule has 0 radical (unpaired) electrons. The van der Waals surface area contributed by atoms with Gasteiger partial charge in [-0.05, 0) is 0 Å². The normalized spacial score (nSPS) is 1.25. The van der Waals surface area contributed by atoms with Crippen LogP contribution in [0, 0.1) is 0 Å². The molecule has 0 rings (SSSR count). The van der Waals surface area contributed by atoms with Crippen molar-refractivity contribution in [3.8, 4) is 0 Å². The van der Waals surface area contributed by atoms with Crippen molar-refractivity contribution in [3.05, 3.63) is 0 Å². The molecule has 0 unspecified atom stereocenters. The van der Waals surface area contributed by atoms with E-state index in [0.29, 0.717) is 0 Å². The molecule has 0 aromatic heterocycles. The van der Waals surface area contributed by atoms with Crippen LogP contribution in [-0.2, 0) is 36.6 Å². The van der Waals surface area contributed by atoms with Gasteiger partial charge in [-0.1, -0.05) is 0 Å². The first-order chi connectivity index (χ1) is 1.00. The second kappa shape index (κ2) is 30.5. The fourth-order valence-electron chi connectivity index (χ4n) is 0. The van der Waals surface area contributed by atoms with Crippen LogP contribution >= 0.6 is 13.5 Å². The van der Waals surface area contributed by atoms with Crippen molar-refractivity contribution in [1.82, 2.24) is 0 Å². The van der Waals surface area contributed by atoms with Crippen molar-refractivity contribution in [2.45, 2.75) is 0 Å². The third-order valence-electron chi connectivity index (χ3n) is 0. The molecule has 0 saturated carbocycles. The van der Waals surface area contributed by atoms with E-state index in [2.05, 4.69) is 15.7 Å². The summed E-state index contributed by atoms with van der Waals surface area (Å²) < 4.78 is 7.94. The molecule has 0 aromatic carbocycles. The summed E-state index contributed by atoms with van der Waals surface area (Å²) in [7, 11) is 0. The van der Waals surface area contributed by atoms with E-state index in [0.717, 1.165) is 0 Å². The molecule has 0 fully saturated rings. The van der Waals surface area contributed by atoms with Gasteiger partial charge in [0.05, 0.1) is 0 Å². The van der Waals surface area contributed by atoms with Crippen LogP contribution in [0.5, 0.6) is 0 Å². The first kappa shape index (κ1) is 19.1. The Kier molecular flexibility index (Phi) is 145. The van der Waals surface area contributed by atoms with E-state index < -0.39 is 0 Å². The average Bonchev–Trinajstić information content (AvgIpc) is 1.00. The molecule has 0 amide bonds. The van der Waals surface area contributed by atoms with Gasteiger partial charge in [0.15, 0.2) is 0 Å². The van der Waals surface area contributed by atoms with Gasteiger partial charge in [-0.15, -0.1) is 0 Å². The minimum absolute atomic E-state index is 0. The van der Waals surface area contributed by atoms with Crippen molar-refractivity contribution < 1.29 is 36.6 Å². The zero-order valence-electron chi connectivity index (χ0n) is 1.60. The summed E-state index contributed by atoms with van der Waals surface area (Å²) in [6, 6.07) is 0. The maximum atomic E-state index is 7.94. The SMILES string of the molecule is S.[Fe].[O]=[Co]. The van der Waals surface area contributed by atoms with Crippen LogP contribution in [0.25, 0.3) is 0 Å². The van der Waals surface area contributed by atoms with E-state index in [4.69, 9.17) is 3.87 Å². The molecule has 0 saturated heterocycles. The molecule has 0 N–H and O–H groups in total. The van der Waals surface area contributed by atoms with Crippen LogP contribution in [0.15, 0.2) is 0 Å². The van der Waals surface area contributed by atoms with E-state index in [1.165, 1.54) is 0 Å². The van der Waals surface area contributed by atoms with Gasteiger partial charge >= 0.3 is 19.5 Å². The molecule has 0 aromatic rings. The molecule has 0 heterocycles. The van der Waals surface area contributed by atoms with Crippen LogP contribution in [0.3, 0.4) is 0 Å². The van der Waals surface area contributed by atoms with E-state index in [-0.39, 0.29) is 30.6 Å². The van der Waals surface area contributed by atoms with E-state index >= 15 is 0 Å². The van der Waals surface area contributed by atoms with Crippen molar-refractivity contribution in [2.75, 3.05) is 0 Å². The first-order valence-electron chi connectivity index (χ1n) is 0.136. The summed E-state index contributed by atoms with van der Waals surface area (Å²) >= 11 is 2.31. The molecule has 1 nitrogen and oxygen atoms in total. The quantitative estimate of drug-likeness (QED) is 0.461. The van der Waals surface area contributed by atoms with Crippen molar-refractivity contribution in [2.24, 2.45) is 0 Å². The fourth-order valence-corrected chi connectivity index (χ4v) is 0. The van der Waals surface area contributed by atoms with Gasteiger partial charge < -0.3 is 0 Å². The predicted molar refractivity (Wildman–Crippen MR) is 11.1 cm³/mol. The Morgan fingerprint density at radius 1 is 1.25 bits per heavy atom. The molecule has 0 spiro atoms. The molecular weight excluding hydrogens is 163 g/mol. The van der Waals surface area contributed by atoms with Gasteiger partial charge in [0.25, 0.3) is 0 Å². The topological polar surface area (TPSA) is 17.1 Å². The molecular formula is H2CoFeOS. The molecule has 0 aliphatic heterocycles. The average molecular weight is 165 g/mol. The second-order valence-electron chi connectivity index (χ2n) is 0. The summed E-state index contributed by atoms with van der Waals surface area (Å²) in [5.74, 6) is 0. The minimum atomic E-state index is 0. The Morgan fingerprint density at radius 2 is 1.25 bits per heavy atom. The van der Waals surface area contributed by atoms with Gasteiger partial charge in [0, 0.05) is 17.1 Å². The Morgan fingerprint density at radius 3 is 1.25 bits per heavy atom. The second-order valence-corrected chi connectivity index (χ2v) is 0. The van der Waals surface area contributed by atoms with Crippen molar-refractivity contribution >= 4 is 13.5 Å². The standard InChI is InChI=1S/Co.Fe.O.H2S/h;;;1H2. The summed E-state index contributed by atoms with van der Waals surface area (Å²) in [6.45, 7) is 0. The molecule has 0 atom stereocenters. The molecule has 4 heteroatoms. The van der Waals surface area contributed by atoms with Crippen LogP contribution < -0.4 is 0 Å². The van der Waals surface area contributed by atoms with E-state index in [9.17, 15) is 0 Å². The molecule has 0 aliphatic rings. The van der Waals surface area contributed by atoms with Gasteiger partial charge in [-0.3, -0.25) is 0 Å². The summed E-state index contributed by atoms with van der Waals surface area (Å²) in [4.78, 5) is 0. The van der Waals surface area contributed by atoms with Gasteiger partial charge in [0.2, 0.25) is 0 Å². The van der Waals surface area contributed by atoms with Gasteiger partial charge in [0.1, 0.15) is 0 Å². The molecule has 31 valence electrons. The Labute approximate surface area is 50.2 Å². The molecule has 4 heavy (non-hydrogen) atoms. The van der Waals surface area contributed by atoms with Crippen molar-refractivity contribution in [3.63, 3.8) is 0 Å². The summed E-state index contributed by atoms with van der Waals surface area (Å²) in [6.07, 6.45) is 0. The molecule has 0 bridgehead atoms. The number of hydrogen-bond acceptors (Lipinski definition) is 1. The van der Waals surface area contributed by atoms with Gasteiger partial charge in [-0.2, -0.15) is 13.5 Å². The fraction of sp³-hybridized carbons (Fsp3) is 0. The van der Waals surface area contributed by atoms with Crippen LogP contribution in [0.2, 0.25) is 0 Å². The van der Waals surface area contributed by atoms with Crippen LogP contribution in [0.1, 0.15) is 0 Å². The zero-order chi connectivity index (χ0) is 2.00. The summed E-state index contributed by atoms with van der Waals surface area (Å²) in [5.41, 5.74) is 0. The van der Waals surface area contributed by atoms with Crippen LogP contribution in [0.4, 0.5) is 0 Å². The first-order valence-corrected chi connectivity index (χ1v) is 0.561. The third-order valence-corrected chi connectivity index (χ3v) is 0. The Bertz CT molecular complexity index is 8.00.